The molecule has 0 amide bonds. The van der Waals surface area contributed by atoms with Gasteiger partial charge in [0.15, 0.2) is 0 Å². The zero-order valence-electron chi connectivity index (χ0n) is 21.4. The summed E-state index contributed by atoms with van der Waals surface area (Å²) in [5, 5.41) is 0. The lowest BCUT2D eigenvalue weighted by molar-refractivity contribution is 0.264. The molecule has 1 aromatic heterocycles. The van der Waals surface area contributed by atoms with E-state index in [0.29, 0.717) is 10.8 Å². The van der Waals surface area contributed by atoms with E-state index in [2.05, 4.69) is 90.9 Å². The molecule has 0 radical (unpaired) electrons. The van der Waals surface area contributed by atoms with E-state index in [0.717, 1.165) is 5.69 Å². The van der Waals surface area contributed by atoms with Crippen molar-refractivity contribution in [2.45, 2.75) is 85.0 Å². The predicted molar refractivity (Wildman–Crippen MR) is 139 cm³/mol. The normalized spacial score (nSPS) is 28.1. The maximum absolute atomic E-state index is 4.93. The average molecular weight is 436 g/mol. The fourth-order valence-electron chi connectivity index (χ4n) is 8.59. The molecule has 1 heterocycles. The van der Waals surface area contributed by atoms with Crippen LogP contribution in [0.15, 0.2) is 48.7 Å². The minimum absolute atomic E-state index is 0.200. The molecular weight excluding hydrogens is 398 g/mol. The third kappa shape index (κ3) is 2.74. The van der Waals surface area contributed by atoms with Crippen molar-refractivity contribution in [1.82, 2.24) is 4.98 Å². The molecule has 3 aromatic rings. The minimum atomic E-state index is 0.200. The summed E-state index contributed by atoms with van der Waals surface area (Å²) in [6.07, 6.45) is 7.15. The van der Waals surface area contributed by atoms with Crippen LogP contribution in [-0.2, 0) is 10.8 Å². The van der Waals surface area contributed by atoms with Crippen LogP contribution in [0.25, 0.3) is 22.4 Å². The molecule has 1 nitrogen and oxygen atoms in total. The van der Waals surface area contributed by atoms with E-state index in [1.165, 1.54) is 59.1 Å². The fraction of sp³-hybridized carbons (Fsp3) is 0.469. The first kappa shape index (κ1) is 21.1. The number of aryl methyl sites for hydroxylation is 3. The highest BCUT2D eigenvalue weighted by Crippen LogP contribution is 2.76. The van der Waals surface area contributed by atoms with Gasteiger partial charge in [0.25, 0.3) is 0 Å². The second kappa shape index (κ2) is 6.38. The first-order valence-corrected chi connectivity index (χ1v) is 12.7. The maximum atomic E-state index is 4.93. The number of rotatable bonds is 1. The van der Waals surface area contributed by atoms with E-state index >= 15 is 0 Å². The highest BCUT2D eigenvalue weighted by molar-refractivity contribution is 5.90. The van der Waals surface area contributed by atoms with E-state index < -0.39 is 0 Å². The zero-order valence-corrected chi connectivity index (χ0v) is 21.4. The highest BCUT2D eigenvalue weighted by Gasteiger charge is 2.70. The molecule has 170 valence electrons. The standard InChI is InChI=1S/C32H37N/c1-20-11-12-23-26(13-20)32-18-29(4,5)16-31(32,17-30(6,7)19-32)25-10-8-9-24(28(23)25)27-14-21(2)22(3)15-33-27/h8-15H,16-19H2,1-7H3. The Morgan fingerprint density at radius 2 is 1.30 bits per heavy atom. The molecule has 0 atom stereocenters. The summed E-state index contributed by atoms with van der Waals surface area (Å²) in [6.45, 7) is 16.7. The Labute approximate surface area is 199 Å². The van der Waals surface area contributed by atoms with Crippen molar-refractivity contribution in [3.05, 3.63) is 76.5 Å². The zero-order chi connectivity index (χ0) is 23.4. The Morgan fingerprint density at radius 3 is 1.94 bits per heavy atom. The van der Waals surface area contributed by atoms with Gasteiger partial charge in [0.05, 0.1) is 5.69 Å². The molecule has 3 aliphatic carbocycles. The van der Waals surface area contributed by atoms with Gasteiger partial charge >= 0.3 is 0 Å². The van der Waals surface area contributed by atoms with Gasteiger partial charge in [-0.2, -0.15) is 0 Å². The smallest absolute Gasteiger partial charge is 0.0711 e. The van der Waals surface area contributed by atoms with Crippen molar-refractivity contribution in [3.63, 3.8) is 0 Å². The lowest BCUT2D eigenvalue weighted by Gasteiger charge is -2.48. The summed E-state index contributed by atoms with van der Waals surface area (Å²) in [5.41, 5.74) is 13.6. The van der Waals surface area contributed by atoms with Gasteiger partial charge in [-0.05, 0) is 96.7 Å². The second-order valence-electron chi connectivity index (χ2n) is 13.1. The molecule has 3 aliphatic rings. The Balaban J connectivity index is 1.74. The molecular formula is C32H37N. The predicted octanol–water partition coefficient (Wildman–Crippen LogP) is 8.47. The number of hydrogen-bond acceptors (Lipinski definition) is 1. The lowest BCUT2D eigenvalue weighted by atomic mass is 9.55. The van der Waals surface area contributed by atoms with Crippen molar-refractivity contribution < 1.29 is 0 Å². The van der Waals surface area contributed by atoms with E-state index in [1.807, 2.05) is 6.20 Å². The van der Waals surface area contributed by atoms with Crippen LogP contribution in [-0.4, -0.2) is 4.98 Å². The molecule has 2 fully saturated rings. The monoisotopic (exact) mass is 435 g/mol. The molecule has 1 heteroatoms. The van der Waals surface area contributed by atoms with Crippen LogP contribution in [0.1, 0.15) is 81.2 Å². The molecule has 0 N–H and O–H groups in total. The molecule has 6 rings (SSSR count). The van der Waals surface area contributed by atoms with Gasteiger partial charge in [0.1, 0.15) is 0 Å². The summed E-state index contributed by atoms with van der Waals surface area (Å²) in [5.74, 6) is 0. The van der Waals surface area contributed by atoms with E-state index in [1.54, 1.807) is 11.1 Å². The number of aromatic nitrogens is 1. The molecule has 0 aliphatic heterocycles. The van der Waals surface area contributed by atoms with Gasteiger partial charge in [0, 0.05) is 22.6 Å². The van der Waals surface area contributed by atoms with Crippen molar-refractivity contribution >= 4 is 0 Å². The van der Waals surface area contributed by atoms with Gasteiger partial charge in [0.2, 0.25) is 0 Å². The number of pyridine rings is 1. The SMILES string of the molecule is Cc1ccc2c(c1)C13CC(C)(C)CC1(CC(C)(C)C3)c1cccc(-c3cc(C)c(C)cn3)c1-2. The molecule has 0 bridgehead atoms. The topological polar surface area (TPSA) is 12.9 Å². The molecule has 0 saturated heterocycles. The van der Waals surface area contributed by atoms with E-state index in [-0.39, 0.29) is 10.8 Å². The minimum Gasteiger partial charge on any atom is -0.256 e. The summed E-state index contributed by atoms with van der Waals surface area (Å²) in [4.78, 5) is 4.93. The Hall–Kier alpha value is -2.41. The molecule has 2 aromatic carbocycles. The van der Waals surface area contributed by atoms with Gasteiger partial charge in [-0.1, -0.05) is 69.7 Å². The fourth-order valence-corrected chi connectivity index (χ4v) is 8.59. The molecule has 0 unspecified atom stereocenters. The number of fused-ring (bicyclic) bond motifs is 3. The van der Waals surface area contributed by atoms with Crippen LogP contribution < -0.4 is 0 Å². The number of hydrogen-bond donors (Lipinski definition) is 0. The first-order chi connectivity index (χ1) is 15.5. The summed E-state index contributed by atoms with van der Waals surface area (Å²) in [7, 11) is 0. The van der Waals surface area contributed by atoms with Crippen LogP contribution in [0.2, 0.25) is 0 Å². The van der Waals surface area contributed by atoms with Crippen LogP contribution in [0.4, 0.5) is 0 Å². The van der Waals surface area contributed by atoms with Crippen LogP contribution in [0, 0.1) is 31.6 Å². The van der Waals surface area contributed by atoms with Crippen LogP contribution in [0.3, 0.4) is 0 Å². The Morgan fingerprint density at radius 1 is 0.667 bits per heavy atom. The summed E-state index contributed by atoms with van der Waals surface area (Å²) >= 11 is 0. The largest absolute Gasteiger partial charge is 0.256 e. The van der Waals surface area contributed by atoms with Crippen LogP contribution >= 0.6 is 0 Å². The molecule has 33 heavy (non-hydrogen) atoms. The Kier molecular flexibility index (Phi) is 4.09. The van der Waals surface area contributed by atoms with Gasteiger partial charge < -0.3 is 0 Å². The lowest BCUT2D eigenvalue weighted by Crippen LogP contribution is -2.43. The molecule has 0 spiro atoms. The maximum Gasteiger partial charge on any atom is 0.0711 e. The quantitative estimate of drug-likeness (QED) is 0.373. The van der Waals surface area contributed by atoms with Crippen molar-refractivity contribution in [3.8, 4) is 22.4 Å². The van der Waals surface area contributed by atoms with Crippen molar-refractivity contribution in [2.24, 2.45) is 10.8 Å². The first-order valence-electron chi connectivity index (χ1n) is 12.7. The van der Waals surface area contributed by atoms with Crippen molar-refractivity contribution in [2.75, 3.05) is 0 Å². The van der Waals surface area contributed by atoms with Gasteiger partial charge in [-0.25, -0.2) is 0 Å². The third-order valence-corrected chi connectivity index (χ3v) is 9.23. The number of nitrogens with zero attached hydrogens (tertiary/aromatic N) is 1. The summed E-state index contributed by atoms with van der Waals surface area (Å²) < 4.78 is 0. The third-order valence-electron chi connectivity index (χ3n) is 9.23. The van der Waals surface area contributed by atoms with Crippen molar-refractivity contribution in [1.29, 1.82) is 0 Å². The molecule has 2 saturated carbocycles. The van der Waals surface area contributed by atoms with Gasteiger partial charge in [-0.15, -0.1) is 0 Å². The van der Waals surface area contributed by atoms with Crippen LogP contribution in [0.5, 0.6) is 0 Å². The van der Waals surface area contributed by atoms with E-state index in [4.69, 9.17) is 4.98 Å². The number of benzene rings is 2. The average Bonchev–Trinajstić information content (AvgIpc) is 3.09. The van der Waals surface area contributed by atoms with E-state index in [9.17, 15) is 0 Å². The summed E-state index contributed by atoms with van der Waals surface area (Å²) in [6, 6.07) is 16.7. The Bertz CT molecular complexity index is 1290. The second-order valence-corrected chi connectivity index (χ2v) is 13.1. The van der Waals surface area contributed by atoms with Gasteiger partial charge in [-0.3, -0.25) is 4.98 Å². The highest BCUT2D eigenvalue weighted by atomic mass is 14.7.